The minimum Gasteiger partial charge on any atom is -0.374 e. The van der Waals surface area contributed by atoms with Crippen LogP contribution in [0.5, 0.6) is 0 Å². The van der Waals surface area contributed by atoms with Gasteiger partial charge in [0.15, 0.2) is 0 Å². The average molecular weight is 282 g/mol. The Labute approximate surface area is 125 Å². The monoisotopic (exact) mass is 282 g/mol. The fraction of sp³-hybridized carbons (Fsp3) is 1.00. The molecule has 0 aliphatic carbocycles. The Morgan fingerprint density at radius 3 is 2.35 bits per heavy atom. The van der Waals surface area contributed by atoms with E-state index >= 15 is 0 Å². The first-order chi connectivity index (χ1) is 9.47. The quantitative estimate of drug-likeness (QED) is 0.838. The Bertz CT molecular complexity index is 316. The van der Waals surface area contributed by atoms with Crippen LogP contribution in [0.25, 0.3) is 0 Å². The van der Waals surface area contributed by atoms with Gasteiger partial charge in [-0.25, -0.2) is 0 Å². The molecule has 1 N–H and O–H groups in total. The van der Waals surface area contributed by atoms with Gasteiger partial charge in [-0.15, -0.1) is 0 Å². The Hall–Kier alpha value is -0.120. The van der Waals surface area contributed by atoms with E-state index in [9.17, 15) is 0 Å². The van der Waals surface area contributed by atoms with Crippen molar-refractivity contribution in [2.24, 2.45) is 0 Å². The molecule has 0 radical (unpaired) electrons. The van der Waals surface area contributed by atoms with Crippen LogP contribution in [0.3, 0.4) is 0 Å². The Morgan fingerprint density at radius 1 is 1.15 bits per heavy atom. The summed E-state index contributed by atoms with van der Waals surface area (Å²) >= 11 is 0. The van der Waals surface area contributed by atoms with Gasteiger partial charge in [-0.2, -0.15) is 0 Å². The van der Waals surface area contributed by atoms with Crippen molar-refractivity contribution >= 4 is 0 Å². The summed E-state index contributed by atoms with van der Waals surface area (Å²) in [6, 6.07) is 0. The second-order valence-corrected chi connectivity index (χ2v) is 7.22. The summed E-state index contributed by atoms with van der Waals surface area (Å²) in [5.41, 5.74) is 0.585. The molecule has 0 aromatic rings. The van der Waals surface area contributed by atoms with Crippen LogP contribution < -0.4 is 5.32 Å². The molecule has 2 aliphatic heterocycles. The van der Waals surface area contributed by atoms with Gasteiger partial charge in [0.25, 0.3) is 0 Å². The number of rotatable bonds is 5. The summed E-state index contributed by atoms with van der Waals surface area (Å²) in [5.74, 6) is 0. The van der Waals surface area contributed by atoms with Gasteiger partial charge in [0, 0.05) is 30.7 Å². The molecule has 2 rings (SSSR count). The van der Waals surface area contributed by atoms with Crippen LogP contribution in [-0.2, 0) is 4.74 Å². The number of hydrogen-bond donors (Lipinski definition) is 1. The van der Waals surface area contributed by atoms with Gasteiger partial charge in [0.1, 0.15) is 0 Å². The second kappa shape index (κ2) is 6.33. The lowest BCUT2D eigenvalue weighted by molar-refractivity contribution is -0.0374. The summed E-state index contributed by atoms with van der Waals surface area (Å²) in [6.07, 6.45) is 6.98. The maximum atomic E-state index is 6.08. The molecule has 0 aromatic carbocycles. The van der Waals surface area contributed by atoms with Crippen LogP contribution in [0.1, 0.15) is 66.7 Å². The highest BCUT2D eigenvalue weighted by Crippen LogP contribution is 2.32. The van der Waals surface area contributed by atoms with Crippen LogP contribution in [-0.4, -0.2) is 47.8 Å². The van der Waals surface area contributed by atoms with E-state index in [2.05, 4.69) is 44.8 Å². The van der Waals surface area contributed by atoms with E-state index in [0.29, 0.717) is 17.7 Å². The molecule has 2 heterocycles. The van der Waals surface area contributed by atoms with Crippen molar-refractivity contribution in [1.82, 2.24) is 10.2 Å². The minimum absolute atomic E-state index is 0.281. The smallest absolute Gasteiger partial charge is 0.0706 e. The topological polar surface area (TPSA) is 24.5 Å². The maximum absolute atomic E-state index is 6.08. The van der Waals surface area contributed by atoms with Crippen LogP contribution in [0.2, 0.25) is 0 Å². The van der Waals surface area contributed by atoms with Crippen molar-refractivity contribution < 1.29 is 4.74 Å². The predicted molar refractivity (Wildman–Crippen MR) is 85.2 cm³/mol. The number of hydrogen-bond acceptors (Lipinski definition) is 3. The van der Waals surface area contributed by atoms with Gasteiger partial charge in [-0.05, 0) is 46.0 Å². The van der Waals surface area contributed by atoms with Gasteiger partial charge < -0.3 is 10.1 Å². The normalized spacial score (nSPS) is 38.2. The minimum atomic E-state index is 0.281. The molecule has 3 nitrogen and oxygen atoms in total. The van der Waals surface area contributed by atoms with Crippen molar-refractivity contribution in [2.75, 3.05) is 19.6 Å². The molecule has 3 heteroatoms. The molecule has 2 fully saturated rings. The zero-order valence-corrected chi connectivity index (χ0v) is 14.2. The van der Waals surface area contributed by atoms with E-state index in [4.69, 9.17) is 4.74 Å². The molecule has 0 bridgehead atoms. The first-order valence-electron chi connectivity index (χ1n) is 8.62. The first kappa shape index (κ1) is 16.3. The molecule has 3 atom stereocenters. The van der Waals surface area contributed by atoms with Gasteiger partial charge >= 0.3 is 0 Å². The summed E-state index contributed by atoms with van der Waals surface area (Å²) in [7, 11) is 0. The molecular weight excluding hydrogens is 248 g/mol. The largest absolute Gasteiger partial charge is 0.374 e. The van der Waals surface area contributed by atoms with Crippen LogP contribution in [0.4, 0.5) is 0 Å². The van der Waals surface area contributed by atoms with Gasteiger partial charge in [-0.1, -0.05) is 20.8 Å². The number of nitrogens with one attached hydrogen (secondary N) is 1. The van der Waals surface area contributed by atoms with Crippen molar-refractivity contribution in [3.63, 3.8) is 0 Å². The molecule has 118 valence electrons. The number of ether oxygens (including phenoxy) is 1. The highest BCUT2D eigenvalue weighted by molar-refractivity contribution is 5.03. The van der Waals surface area contributed by atoms with Crippen molar-refractivity contribution in [3.05, 3.63) is 0 Å². The molecule has 0 spiro atoms. The molecule has 0 amide bonds. The first-order valence-corrected chi connectivity index (χ1v) is 8.62. The standard InChI is InChI=1S/C17H34N2O/c1-6-16(5)12-18-17(7-2,8-3)13-19(16)11-15-10-9-14(4)20-15/h14-15,18H,6-13H2,1-5H3. The fourth-order valence-corrected chi connectivity index (χ4v) is 3.72. The number of piperazine rings is 1. The number of nitrogens with zero attached hydrogens (tertiary/aromatic N) is 1. The third-order valence-electron chi connectivity index (χ3n) is 5.96. The van der Waals surface area contributed by atoms with E-state index in [-0.39, 0.29) is 5.54 Å². The second-order valence-electron chi connectivity index (χ2n) is 7.22. The van der Waals surface area contributed by atoms with E-state index < -0.39 is 0 Å². The van der Waals surface area contributed by atoms with Gasteiger partial charge in [-0.3, -0.25) is 4.90 Å². The summed E-state index contributed by atoms with van der Waals surface area (Å²) < 4.78 is 6.08. The molecule has 2 saturated heterocycles. The lowest BCUT2D eigenvalue weighted by Crippen LogP contribution is -2.69. The lowest BCUT2D eigenvalue weighted by atomic mass is 9.82. The van der Waals surface area contributed by atoms with Crippen molar-refractivity contribution in [1.29, 1.82) is 0 Å². The zero-order valence-electron chi connectivity index (χ0n) is 14.2. The zero-order chi connectivity index (χ0) is 14.8. The van der Waals surface area contributed by atoms with E-state index in [1.54, 1.807) is 0 Å². The van der Waals surface area contributed by atoms with Crippen molar-refractivity contribution in [3.8, 4) is 0 Å². The summed E-state index contributed by atoms with van der Waals surface area (Å²) in [4.78, 5) is 2.72. The van der Waals surface area contributed by atoms with Crippen LogP contribution in [0, 0.1) is 0 Å². The molecule has 0 saturated carbocycles. The summed E-state index contributed by atoms with van der Waals surface area (Å²) in [5, 5.41) is 3.85. The van der Waals surface area contributed by atoms with E-state index in [1.165, 1.54) is 38.6 Å². The SMILES string of the molecule is CCC1(CC)CN(CC2CCC(C)O2)C(C)(CC)CN1. The highest BCUT2D eigenvalue weighted by atomic mass is 16.5. The van der Waals surface area contributed by atoms with E-state index in [0.717, 1.165) is 13.1 Å². The third kappa shape index (κ3) is 3.20. The molecule has 3 unspecified atom stereocenters. The fourth-order valence-electron chi connectivity index (χ4n) is 3.72. The Morgan fingerprint density at radius 2 is 1.85 bits per heavy atom. The third-order valence-corrected chi connectivity index (χ3v) is 5.96. The highest BCUT2D eigenvalue weighted by Gasteiger charge is 2.43. The molecular formula is C17H34N2O. The van der Waals surface area contributed by atoms with Gasteiger partial charge in [0.2, 0.25) is 0 Å². The van der Waals surface area contributed by atoms with Gasteiger partial charge in [0.05, 0.1) is 12.2 Å². The van der Waals surface area contributed by atoms with Crippen LogP contribution in [0.15, 0.2) is 0 Å². The molecule has 2 aliphatic rings. The van der Waals surface area contributed by atoms with Crippen LogP contribution >= 0.6 is 0 Å². The van der Waals surface area contributed by atoms with E-state index in [1.807, 2.05) is 0 Å². The van der Waals surface area contributed by atoms with Crippen molar-refractivity contribution in [2.45, 2.75) is 90.0 Å². The molecule has 0 aromatic heterocycles. The average Bonchev–Trinajstić information content (AvgIpc) is 2.87. The maximum Gasteiger partial charge on any atom is 0.0706 e. The summed E-state index contributed by atoms with van der Waals surface area (Å²) in [6.45, 7) is 14.9. The lowest BCUT2D eigenvalue weighted by Gasteiger charge is -2.53. The Balaban J connectivity index is 2.07. The molecule has 20 heavy (non-hydrogen) atoms. The Kier molecular flexibility index (Phi) is 5.14. The predicted octanol–water partition coefficient (Wildman–Crippen LogP) is 3.19.